The van der Waals surface area contributed by atoms with Gasteiger partial charge in [0.2, 0.25) is 0 Å². The highest BCUT2D eigenvalue weighted by Gasteiger charge is 2.47. The molecule has 0 aromatic carbocycles. The maximum Gasteiger partial charge on any atom is 0.377 e. The topological polar surface area (TPSA) is 124 Å². The fourth-order valence-electron chi connectivity index (χ4n) is 3.16. The van der Waals surface area contributed by atoms with Gasteiger partial charge in [-0.3, -0.25) is 14.2 Å². The molecule has 2 unspecified atom stereocenters. The maximum atomic E-state index is 13.2. The first-order chi connectivity index (χ1) is 14.5. The second kappa shape index (κ2) is 9.59. The summed E-state index contributed by atoms with van der Waals surface area (Å²) in [6.45, 7) is 6.47. The Hall–Kier alpha value is -3.43. The van der Waals surface area contributed by atoms with Gasteiger partial charge < -0.3 is 19.1 Å². The van der Waals surface area contributed by atoms with Crippen LogP contribution >= 0.6 is 0 Å². The van der Waals surface area contributed by atoms with E-state index in [-0.39, 0.29) is 0 Å². The van der Waals surface area contributed by atoms with E-state index in [0.717, 1.165) is 0 Å². The number of carbonyl (C=O) groups is 2. The fraction of sp³-hybridized carbons (Fsp3) is 0.476. The number of ether oxygens (including phenoxy) is 2. The lowest BCUT2D eigenvalue weighted by atomic mass is 9.91. The van der Waals surface area contributed by atoms with Crippen LogP contribution in [0.3, 0.4) is 0 Å². The summed E-state index contributed by atoms with van der Waals surface area (Å²) >= 11 is 0. The van der Waals surface area contributed by atoms with E-state index in [1.165, 1.54) is 31.1 Å². The second-order valence-electron chi connectivity index (χ2n) is 7.64. The van der Waals surface area contributed by atoms with Gasteiger partial charge >= 0.3 is 17.6 Å². The van der Waals surface area contributed by atoms with Gasteiger partial charge in [0.1, 0.15) is 0 Å². The molecule has 10 nitrogen and oxygen atoms in total. The number of carbonyl (C=O) groups excluding carboxylic acids is 2. The molecule has 10 heteroatoms. The van der Waals surface area contributed by atoms with Crippen molar-refractivity contribution in [3.63, 3.8) is 0 Å². The van der Waals surface area contributed by atoms with Crippen molar-refractivity contribution in [1.29, 1.82) is 0 Å². The molecule has 2 rings (SSSR count). The van der Waals surface area contributed by atoms with Gasteiger partial charge in [-0.05, 0) is 33.6 Å². The van der Waals surface area contributed by atoms with E-state index >= 15 is 0 Å². The lowest BCUT2D eigenvalue weighted by Crippen LogP contribution is -2.52. The number of hydrogen-bond donors (Lipinski definition) is 0. The fourth-order valence-corrected chi connectivity index (χ4v) is 3.16. The molecule has 168 valence electrons. The van der Waals surface area contributed by atoms with E-state index in [9.17, 15) is 24.3 Å². The Labute approximate surface area is 179 Å². The van der Waals surface area contributed by atoms with E-state index in [1.54, 1.807) is 45.9 Å². The zero-order chi connectivity index (χ0) is 23.5. The van der Waals surface area contributed by atoms with E-state index in [1.807, 2.05) is 0 Å². The van der Waals surface area contributed by atoms with Crippen LogP contribution in [-0.2, 0) is 33.2 Å². The molecule has 0 saturated carbocycles. The van der Waals surface area contributed by atoms with Crippen LogP contribution in [0.2, 0.25) is 0 Å². The van der Waals surface area contributed by atoms with E-state index in [0.29, 0.717) is 9.13 Å². The number of aromatic nitrogens is 3. The molecule has 0 saturated heterocycles. The first-order valence-corrected chi connectivity index (χ1v) is 9.81. The summed E-state index contributed by atoms with van der Waals surface area (Å²) < 4.78 is 13.5. The zero-order valence-corrected chi connectivity index (χ0v) is 18.4. The molecule has 2 aromatic rings. The number of hydrogen-bond acceptors (Lipinski definition) is 7. The number of esters is 2. The molecule has 0 N–H and O–H groups in total. The first kappa shape index (κ1) is 23.8. The van der Waals surface area contributed by atoms with Crippen molar-refractivity contribution < 1.29 is 28.7 Å². The summed E-state index contributed by atoms with van der Waals surface area (Å²) in [6, 6.07) is 3.54. The second-order valence-corrected chi connectivity index (χ2v) is 7.64. The Morgan fingerprint density at radius 2 is 1.42 bits per heavy atom. The molecule has 0 aliphatic heterocycles. The average molecular weight is 433 g/mol. The minimum absolute atomic E-state index is 0.518. The third-order valence-corrected chi connectivity index (χ3v) is 4.53. The van der Waals surface area contributed by atoms with Crippen molar-refractivity contribution in [2.24, 2.45) is 14.1 Å². The Morgan fingerprint density at radius 1 is 0.903 bits per heavy atom. The highest BCUT2D eigenvalue weighted by molar-refractivity contribution is 5.87. The smallest absolute Gasteiger partial charge is 0.377 e. The summed E-state index contributed by atoms with van der Waals surface area (Å²) in [5, 5.41) is 13.0. The highest BCUT2D eigenvalue weighted by Crippen LogP contribution is 2.30. The van der Waals surface area contributed by atoms with Gasteiger partial charge in [0.05, 0.1) is 12.2 Å². The van der Waals surface area contributed by atoms with Crippen molar-refractivity contribution in [3.05, 3.63) is 57.0 Å². The van der Waals surface area contributed by atoms with E-state index in [2.05, 4.69) is 0 Å². The van der Waals surface area contributed by atoms with Gasteiger partial charge in [-0.25, -0.2) is 9.59 Å². The Balaban J connectivity index is 2.87. The number of rotatable bonds is 7. The van der Waals surface area contributed by atoms with Gasteiger partial charge in [0.25, 0.3) is 11.6 Å². The molecule has 2 aromatic heterocycles. The molecular formula is C21H27N3O7. The van der Waals surface area contributed by atoms with Crippen LogP contribution in [0.15, 0.2) is 40.2 Å². The normalized spacial score (nSPS) is 13.2. The van der Waals surface area contributed by atoms with Gasteiger partial charge in [0, 0.05) is 31.8 Å². The Kier molecular flexibility index (Phi) is 7.37. The largest absolute Gasteiger partial charge is 0.860 e. The third kappa shape index (κ3) is 5.01. The number of pyridine rings is 1. The standard InChI is InChI=1S/C21H27N3O7/c1-12(2)30-19(27)14(15-17(25)22(5)21(29)23(6)18(15)26)16(20(28)31-13(3)4)24-10-8-7-9-11-24/h7-14,16H,1-6H3. The van der Waals surface area contributed by atoms with Gasteiger partial charge in [-0.1, -0.05) is 6.07 Å². The average Bonchev–Trinajstić information content (AvgIpc) is 2.69. The highest BCUT2D eigenvalue weighted by atomic mass is 16.6. The number of nitrogens with zero attached hydrogens (tertiary/aromatic N) is 3. The Morgan fingerprint density at radius 3 is 1.94 bits per heavy atom. The first-order valence-electron chi connectivity index (χ1n) is 9.81. The molecular weight excluding hydrogens is 406 g/mol. The van der Waals surface area contributed by atoms with Crippen LogP contribution < -0.4 is 20.9 Å². The van der Waals surface area contributed by atoms with E-state index in [4.69, 9.17) is 9.47 Å². The van der Waals surface area contributed by atoms with Gasteiger partial charge in [-0.15, -0.1) is 0 Å². The molecule has 0 aliphatic rings. The van der Waals surface area contributed by atoms with Crippen molar-refractivity contribution in [2.75, 3.05) is 0 Å². The van der Waals surface area contributed by atoms with Crippen molar-refractivity contribution in [1.82, 2.24) is 9.13 Å². The molecule has 0 fully saturated rings. The van der Waals surface area contributed by atoms with Crippen molar-refractivity contribution in [3.8, 4) is 5.88 Å². The summed E-state index contributed by atoms with van der Waals surface area (Å²) in [5.74, 6) is -4.39. The molecule has 2 heterocycles. The van der Waals surface area contributed by atoms with Crippen LogP contribution in [0.5, 0.6) is 5.88 Å². The SMILES string of the molecule is CC(C)OC(=O)C(c1c([O-])n(C)c(=O)n(C)c1=O)C(C(=O)OC(C)C)[n+]1ccccc1. The lowest BCUT2D eigenvalue weighted by molar-refractivity contribution is -0.712. The summed E-state index contributed by atoms with van der Waals surface area (Å²) in [5.41, 5.74) is -2.36. The molecule has 31 heavy (non-hydrogen) atoms. The van der Waals surface area contributed by atoms with E-state index < -0.39 is 58.8 Å². The van der Waals surface area contributed by atoms with Gasteiger partial charge in [0.15, 0.2) is 18.3 Å². The van der Waals surface area contributed by atoms with Crippen molar-refractivity contribution >= 4 is 11.9 Å². The summed E-state index contributed by atoms with van der Waals surface area (Å²) in [7, 11) is 2.38. The predicted octanol–water partition coefficient (Wildman–Crippen LogP) is -0.327. The van der Waals surface area contributed by atoms with Crippen molar-refractivity contribution in [2.45, 2.75) is 51.9 Å². The zero-order valence-electron chi connectivity index (χ0n) is 18.4. The minimum Gasteiger partial charge on any atom is -0.860 e. The molecule has 0 aliphatic carbocycles. The monoisotopic (exact) mass is 433 g/mol. The summed E-state index contributed by atoms with van der Waals surface area (Å²) in [6.07, 6.45) is 1.93. The van der Waals surface area contributed by atoms with Crippen LogP contribution in [0.4, 0.5) is 0 Å². The van der Waals surface area contributed by atoms with Crippen LogP contribution in [-0.4, -0.2) is 33.3 Å². The summed E-state index contributed by atoms with van der Waals surface area (Å²) in [4.78, 5) is 51.4. The van der Waals surface area contributed by atoms with Crippen LogP contribution in [0.1, 0.15) is 45.2 Å². The molecule has 0 spiro atoms. The maximum absolute atomic E-state index is 13.2. The molecule has 0 amide bonds. The molecule has 2 atom stereocenters. The van der Waals surface area contributed by atoms with Crippen LogP contribution in [0, 0.1) is 0 Å². The van der Waals surface area contributed by atoms with Crippen LogP contribution in [0.25, 0.3) is 0 Å². The quantitative estimate of drug-likeness (QED) is 0.433. The Bertz CT molecular complexity index is 1070. The minimum atomic E-state index is -1.64. The lowest BCUT2D eigenvalue weighted by Gasteiger charge is -2.27. The molecule has 0 bridgehead atoms. The predicted molar refractivity (Wildman–Crippen MR) is 107 cm³/mol. The third-order valence-electron chi connectivity index (χ3n) is 4.53. The van der Waals surface area contributed by atoms with Gasteiger partial charge in [-0.2, -0.15) is 4.57 Å². The molecule has 0 radical (unpaired) electrons.